The van der Waals surface area contributed by atoms with E-state index in [0.717, 1.165) is 0 Å². The summed E-state index contributed by atoms with van der Waals surface area (Å²) in [6, 6.07) is 8.12. The van der Waals surface area contributed by atoms with Gasteiger partial charge in [-0.25, -0.2) is 4.79 Å². The van der Waals surface area contributed by atoms with Gasteiger partial charge in [-0.3, -0.25) is 9.78 Å². The van der Waals surface area contributed by atoms with E-state index >= 15 is 0 Å². The van der Waals surface area contributed by atoms with E-state index < -0.39 is 11.9 Å². The Bertz CT molecular complexity index is 673. The van der Waals surface area contributed by atoms with Crippen LogP contribution in [0.15, 0.2) is 42.7 Å². The Labute approximate surface area is 126 Å². The summed E-state index contributed by atoms with van der Waals surface area (Å²) in [5.74, 6) is -0.909. The van der Waals surface area contributed by atoms with Crippen molar-refractivity contribution in [3.05, 3.63) is 58.9 Å². The molecule has 6 heteroatoms. The van der Waals surface area contributed by atoms with Gasteiger partial charge in [0.2, 0.25) is 0 Å². The number of carbonyl (C=O) groups excluding carboxylic acids is 2. The van der Waals surface area contributed by atoms with Gasteiger partial charge in [-0.15, -0.1) is 0 Å². The first-order valence-corrected chi connectivity index (χ1v) is 6.68. The number of carbonyl (C=O) groups is 2. The van der Waals surface area contributed by atoms with Crippen LogP contribution in [0.3, 0.4) is 0 Å². The fourth-order valence-corrected chi connectivity index (χ4v) is 1.93. The lowest BCUT2D eigenvalue weighted by molar-refractivity contribution is 0.0527. The van der Waals surface area contributed by atoms with Crippen molar-refractivity contribution >= 4 is 29.2 Å². The van der Waals surface area contributed by atoms with Crippen molar-refractivity contribution in [1.29, 1.82) is 0 Å². The molecule has 1 aromatic heterocycles. The smallest absolute Gasteiger partial charge is 0.340 e. The van der Waals surface area contributed by atoms with Gasteiger partial charge in [-0.05, 0) is 25.1 Å². The monoisotopic (exact) mass is 304 g/mol. The van der Waals surface area contributed by atoms with E-state index in [-0.39, 0.29) is 22.8 Å². The number of nitrogens with one attached hydrogen (secondary N) is 1. The summed E-state index contributed by atoms with van der Waals surface area (Å²) in [5, 5.41) is 2.89. The zero-order valence-electron chi connectivity index (χ0n) is 11.3. The summed E-state index contributed by atoms with van der Waals surface area (Å²) in [7, 11) is 0. The van der Waals surface area contributed by atoms with Crippen LogP contribution in [0.1, 0.15) is 27.6 Å². The second-order valence-electron chi connectivity index (χ2n) is 4.08. The average Bonchev–Trinajstić information content (AvgIpc) is 2.48. The van der Waals surface area contributed by atoms with E-state index in [1.807, 2.05) is 0 Å². The maximum Gasteiger partial charge on any atom is 0.340 e. The molecule has 1 N–H and O–H groups in total. The molecule has 0 saturated heterocycles. The third-order valence-corrected chi connectivity index (χ3v) is 2.99. The van der Waals surface area contributed by atoms with Gasteiger partial charge in [0.05, 0.1) is 28.4 Å². The van der Waals surface area contributed by atoms with Crippen molar-refractivity contribution in [1.82, 2.24) is 4.98 Å². The molecule has 0 aliphatic rings. The van der Waals surface area contributed by atoms with E-state index in [1.165, 1.54) is 18.5 Å². The number of nitrogens with zero attached hydrogens (tertiary/aromatic N) is 1. The number of benzene rings is 1. The normalized spacial score (nSPS) is 10.0. The van der Waals surface area contributed by atoms with Gasteiger partial charge in [-0.2, -0.15) is 0 Å². The molecule has 2 rings (SSSR count). The van der Waals surface area contributed by atoms with Crippen molar-refractivity contribution in [2.24, 2.45) is 0 Å². The summed E-state index contributed by atoms with van der Waals surface area (Å²) in [5.41, 5.74) is 0.942. The second-order valence-corrected chi connectivity index (χ2v) is 4.48. The lowest BCUT2D eigenvalue weighted by Gasteiger charge is -2.10. The quantitative estimate of drug-likeness (QED) is 0.881. The molecule has 0 aliphatic heterocycles. The standard InChI is InChI=1S/C15H13ClN2O3/c1-2-21-15(20)11-5-3-4-6-13(11)18-14(19)10-7-8-17-9-12(10)16/h3-9H,2H2,1H3,(H,18,19). The van der Waals surface area contributed by atoms with E-state index in [4.69, 9.17) is 16.3 Å². The minimum atomic E-state index is -0.491. The first-order chi connectivity index (χ1) is 10.1. The predicted octanol–water partition coefficient (Wildman–Crippen LogP) is 3.16. The van der Waals surface area contributed by atoms with Gasteiger partial charge in [-0.1, -0.05) is 23.7 Å². The first-order valence-electron chi connectivity index (χ1n) is 6.30. The molecule has 0 spiro atoms. The van der Waals surface area contributed by atoms with Crippen LogP contribution in [0.5, 0.6) is 0 Å². The number of rotatable bonds is 4. The summed E-state index contributed by atoms with van der Waals surface area (Å²) in [6.45, 7) is 1.98. The molecule has 0 fully saturated rings. The Morgan fingerprint density at radius 3 is 2.71 bits per heavy atom. The van der Waals surface area contributed by atoms with E-state index in [2.05, 4.69) is 10.3 Å². The first kappa shape index (κ1) is 15.0. The average molecular weight is 305 g/mol. The number of halogens is 1. The maximum absolute atomic E-state index is 12.2. The topological polar surface area (TPSA) is 68.3 Å². The molecule has 0 radical (unpaired) electrons. The van der Waals surface area contributed by atoms with Gasteiger partial charge in [0, 0.05) is 12.4 Å². The summed E-state index contributed by atoms with van der Waals surface area (Å²) >= 11 is 5.92. The van der Waals surface area contributed by atoms with Crippen LogP contribution in [-0.2, 0) is 4.74 Å². The van der Waals surface area contributed by atoms with Gasteiger partial charge in [0.15, 0.2) is 0 Å². The van der Waals surface area contributed by atoms with Gasteiger partial charge < -0.3 is 10.1 Å². The number of pyridine rings is 1. The molecule has 0 bridgehead atoms. The highest BCUT2D eigenvalue weighted by Crippen LogP contribution is 2.19. The number of hydrogen-bond acceptors (Lipinski definition) is 4. The Hall–Kier alpha value is -2.40. The molecular formula is C15H13ClN2O3. The number of anilines is 1. The number of hydrogen-bond donors (Lipinski definition) is 1. The largest absolute Gasteiger partial charge is 0.462 e. The molecule has 2 aromatic rings. The van der Waals surface area contributed by atoms with Crippen molar-refractivity contribution in [3.8, 4) is 0 Å². The highest BCUT2D eigenvalue weighted by molar-refractivity contribution is 6.34. The van der Waals surface area contributed by atoms with Crippen LogP contribution in [0.25, 0.3) is 0 Å². The molecule has 1 amide bonds. The summed E-state index contributed by atoms with van der Waals surface area (Å²) in [4.78, 5) is 27.9. The van der Waals surface area contributed by atoms with Gasteiger partial charge >= 0.3 is 5.97 Å². The Morgan fingerprint density at radius 1 is 1.24 bits per heavy atom. The number of para-hydroxylation sites is 1. The predicted molar refractivity (Wildman–Crippen MR) is 79.6 cm³/mol. The lowest BCUT2D eigenvalue weighted by Crippen LogP contribution is -2.16. The van der Waals surface area contributed by atoms with Crippen LogP contribution in [0.2, 0.25) is 5.02 Å². The molecule has 1 aromatic carbocycles. The molecule has 5 nitrogen and oxygen atoms in total. The molecule has 0 saturated carbocycles. The fraction of sp³-hybridized carbons (Fsp3) is 0.133. The van der Waals surface area contributed by atoms with Crippen LogP contribution in [0.4, 0.5) is 5.69 Å². The Kier molecular flexibility index (Phi) is 4.90. The lowest BCUT2D eigenvalue weighted by atomic mass is 10.1. The van der Waals surface area contributed by atoms with Crippen molar-refractivity contribution < 1.29 is 14.3 Å². The zero-order chi connectivity index (χ0) is 15.2. The number of aromatic nitrogens is 1. The second kappa shape index (κ2) is 6.85. The van der Waals surface area contributed by atoms with Crippen molar-refractivity contribution in [2.75, 3.05) is 11.9 Å². The van der Waals surface area contributed by atoms with Crippen molar-refractivity contribution in [2.45, 2.75) is 6.92 Å². The van der Waals surface area contributed by atoms with E-state index in [1.54, 1.807) is 31.2 Å². The number of esters is 1. The number of ether oxygens (including phenoxy) is 1. The third kappa shape index (κ3) is 3.58. The third-order valence-electron chi connectivity index (χ3n) is 2.69. The summed E-state index contributed by atoms with van der Waals surface area (Å²) < 4.78 is 4.95. The Morgan fingerprint density at radius 2 is 2.00 bits per heavy atom. The molecule has 0 atom stereocenters. The molecule has 1 heterocycles. The molecule has 108 valence electrons. The van der Waals surface area contributed by atoms with Crippen molar-refractivity contribution in [3.63, 3.8) is 0 Å². The van der Waals surface area contributed by atoms with Crippen LogP contribution in [0, 0.1) is 0 Å². The maximum atomic E-state index is 12.2. The molecule has 21 heavy (non-hydrogen) atoms. The molecule has 0 unspecified atom stereocenters. The van der Waals surface area contributed by atoms with Gasteiger partial charge in [0.1, 0.15) is 0 Å². The molecular weight excluding hydrogens is 292 g/mol. The summed E-state index contributed by atoms with van der Waals surface area (Å²) in [6.07, 6.45) is 2.85. The minimum absolute atomic E-state index is 0.239. The number of amides is 1. The zero-order valence-corrected chi connectivity index (χ0v) is 12.1. The molecule has 0 aliphatic carbocycles. The van der Waals surface area contributed by atoms with E-state index in [9.17, 15) is 9.59 Å². The highest BCUT2D eigenvalue weighted by Gasteiger charge is 2.16. The van der Waals surface area contributed by atoms with E-state index in [0.29, 0.717) is 5.69 Å². The fourth-order valence-electron chi connectivity index (χ4n) is 1.73. The SMILES string of the molecule is CCOC(=O)c1ccccc1NC(=O)c1ccncc1Cl. The van der Waals surface area contributed by atoms with Gasteiger partial charge in [0.25, 0.3) is 5.91 Å². The minimum Gasteiger partial charge on any atom is -0.462 e. The highest BCUT2D eigenvalue weighted by atomic mass is 35.5. The Balaban J connectivity index is 2.26. The van der Waals surface area contributed by atoms with Crippen LogP contribution < -0.4 is 5.32 Å². The van der Waals surface area contributed by atoms with Crippen LogP contribution >= 0.6 is 11.6 Å². The van der Waals surface area contributed by atoms with Crippen LogP contribution in [-0.4, -0.2) is 23.5 Å².